The number of hydrogen-bond acceptors (Lipinski definition) is 5. The lowest BCUT2D eigenvalue weighted by Crippen LogP contribution is -2.32. The molecular formula is C13H23N3OS. The van der Waals surface area contributed by atoms with E-state index < -0.39 is 0 Å². The first kappa shape index (κ1) is 13.8. The lowest BCUT2D eigenvalue weighted by atomic mass is 10.2. The molecule has 18 heavy (non-hydrogen) atoms. The SMILES string of the molecule is CCN(c1nc(COC)c(CN)s1)C1CCCC1. The van der Waals surface area contributed by atoms with Gasteiger partial charge in [0.1, 0.15) is 0 Å². The Morgan fingerprint density at radius 3 is 2.72 bits per heavy atom. The molecule has 0 bridgehead atoms. The zero-order valence-electron chi connectivity index (χ0n) is 11.3. The minimum absolute atomic E-state index is 0.554. The van der Waals surface area contributed by atoms with Gasteiger partial charge >= 0.3 is 0 Å². The van der Waals surface area contributed by atoms with Crippen LogP contribution in [0.15, 0.2) is 0 Å². The summed E-state index contributed by atoms with van der Waals surface area (Å²) in [5.41, 5.74) is 6.80. The molecule has 0 spiro atoms. The van der Waals surface area contributed by atoms with Crippen molar-refractivity contribution in [1.29, 1.82) is 0 Å². The Balaban J connectivity index is 2.19. The Bertz CT molecular complexity index is 374. The van der Waals surface area contributed by atoms with Gasteiger partial charge in [-0.15, -0.1) is 11.3 Å². The van der Waals surface area contributed by atoms with E-state index in [-0.39, 0.29) is 0 Å². The second-order valence-corrected chi connectivity index (χ2v) is 5.79. The third-order valence-electron chi connectivity index (χ3n) is 3.59. The van der Waals surface area contributed by atoms with Crippen LogP contribution in [0.25, 0.3) is 0 Å². The van der Waals surface area contributed by atoms with Crippen LogP contribution in [0.1, 0.15) is 43.2 Å². The predicted molar refractivity (Wildman–Crippen MR) is 76.0 cm³/mol. The largest absolute Gasteiger partial charge is 0.378 e. The van der Waals surface area contributed by atoms with Crippen LogP contribution in [0.4, 0.5) is 5.13 Å². The fraction of sp³-hybridized carbons (Fsp3) is 0.769. The molecule has 5 heteroatoms. The molecule has 0 radical (unpaired) electrons. The van der Waals surface area contributed by atoms with E-state index in [1.165, 1.54) is 25.7 Å². The lowest BCUT2D eigenvalue weighted by Gasteiger charge is -2.26. The standard InChI is InChI=1S/C13H23N3OS/c1-3-16(10-6-4-5-7-10)13-15-11(9-17-2)12(8-14)18-13/h10H,3-9,14H2,1-2H3. The van der Waals surface area contributed by atoms with E-state index in [9.17, 15) is 0 Å². The normalized spacial score (nSPS) is 16.4. The molecule has 1 aliphatic carbocycles. The van der Waals surface area contributed by atoms with Gasteiger partial charge < -0.3 is 15.4 Å². The average Bonchev–Trinajstić information content (AvgIpc) is 3.01. The fourth-order valence-corrected chi connectivity index (χ4v) is 3.74. The molecular weight excluding hydrogens is 246 g/mol. The summed E-state index contributed by atoms with van der Waals surface area (Å²) in [7, 11) is 1.70. The van der Waals surface area contributed by atoms with Crippen molar-refractivity contribution in [2.24, 2.45) is 5.73 Å². The van der Waals surface area contributed by atoms with Gasteiger partial charge in [-0.05, 0) is 19.8 Å². The number of ether oxygens (including phenoxy) is 1. The third-order valence-corrected chi connectivity index (χ3v) is 4.74. The molecule has 0 amide bonds. The number of nitrogens with two attached hydrogens (primary N) is 1. The molecule has 0 saturated heterocycles. The van der Waals surface area contributed by atoms with E-state index in [2.05, 4.69) is 11.8 Å². The van der Waals surface area contributed by atoms with Crippen LogP contribution >= 0.6 is 11.3 Å². The van der Waals surface area contributed by atoms with Gasteiger partial charge in [0.15, 0.2) is 5.13 Å². The molecule has 1 saturated carbocycles. The second kappa shape index (κ2) is 6.50. The molecule has 1 aromatic heterocycles. The van der Waals surface area contributed by atoms with E-state index in [1.54, 1.807) is 18.4 Å². The average molecular weight is 269 g/mol. The van der Waals surface area contributed by atoms with E-state index >= 15 is 0 Å². The Morgan fingerprint density at radius 2 is 2.17 bits per heavy atom. The van der Waals surface area contributed by atoms with Crippen molar-refractivity contribution in [2.45, 2.75) is 51.8 Å². The van der Waals surface area contributed by atoms with Gasteiger partial charge in [-0.25, -0.2) is 4.98 Å². The number of hydrogen-bond donors (Lipinski definition) is 1. The maximum Gasteiger partial charge on any atom is 0.186 e. The highest BCUT2D eigenvalue weighted by molar-refractivity contribution is 7.15. The quantitative estimate of drug-likeness (QED) is 0.862. The maximum absolute atomic E-state index is 5.79. The van der Waals surface area contributed by atoms with Crippen LogP contribution in [0.5, 0.6) is 0 Å². The molecule has 4 nitrogen and oxygen atoms in total. The summed E-state index contributed by atoms with van der Waals surface area (Å²) in [5, 5.41) is 1.12. The molecule has 2 rings (SSSR count). The van der Waals surface area contributed by atoms with Crippen molar-refractivity contribution < 1.29 is 4.74 Å². The van der Waals surface area contributed by atoms with Crippen molar-refractivity contribution in [1.82, 2.24) is 4.98 Å². The Hall–Kier alpha value is -0.650. The van der Waals surface area contributed by atoms with E-state index in [0.717, 1.165) is 22.2 Å². The van der Waals surface area contributed by atoms with Crippen LogP contribution in [0.2, 0.25) is 0 Å². The molecule has 102 valence electrons. The van der Waals surface area contributed by atoms with Gasteiger partial charge in [0.2, 0.25) is 0 Å². The third kappa shape index (κ3) is 2.84. The van der Waals surface area contributed by atoms with Crippen molar-refractivity contribution in [3.05, 3.63) is 10.6 Å². The Labute approximate surface area is 113 Å². The van der Waals surface area contributed by atoms with E-state index in [0.29, 0.717) is 19.2 Å². The summed E-state index contributed by atoms with van der Waals surface area (Å²) in [6.07, 6.45) is 5.29. The molecule has 1 fully saturated rings. The predicted octanol–water partition coefficient (Wildman–Crippen LogP) is 2.52. The topological polar surface area (TPSA) is 51.4 Å². The van der Waals surface area contributed by atoms with Gasteiger partial charge in [0.05, 0.1) is 12.3 Å². The van der Waals surface area contributed by atoms with Crippen LogP contribution in [0.3, 0.4) is 0 Å². The van der Waals surface area contributed by atoms with Crippen molar-refractivity contribution in [2.75, 3.05) is 18.6 Å². The van der Waals surface area contributed by atoms with Crippen LogP contribution in [-0.2, 0) is 17.9 Å². The molecule has 1 aliphatic rings. The van der Waals surface area contributed by atoms with Gasteiger partial charge in [-0.2, -0.15) is 0 Å². The first-order valence-electron chi connectivity index (χ1n) is 6.74. The van der Waals surface area contributed by atoms with E-state index in [4.69, 9.17) is 15.5 Å². The van der Waals surface area contributed by atoms with Crippen LogP contribution < -0.4 is 10.6 Å². The molecule has 0 atom stereocenters. The summed E-state index contributed by atoms with van der Waals surface area (Å²) in [5.74, 6) is 0. The summed E-state index contributed by atoms with van der Waals surface area (Å²) in [6, 6.07) is 0.669. The minimum atomic E-state index is 0.554. The number of rotatable bonds is 6. The number of methoxy groups -OCH3 is 1. The smallest absolute Gasteiger partial charge is 0.186 e. The second-order valence-electron chi connectivity index (χ2n) is 4.73. The Morgan fingerprint density at radius 1 is 1.44 bits per heavy atom. The maximum atomic E-state index is 5.79. The highest BCUT2D eigenvalue weighted by Gasteiger charge is 2.24. The molecule has 2 N–H and O–H groups in total. The molecule has 0 unspecified atom stereocenters. The van der Waals surface area contributed by atoms with Crippen molar-refractivity contribution >= 4 is 16.5 Å². The highest BCUT2D eigenvalue weighted by atomic mass is 32.1. The van der Waals surface area contributed by atoms with Crippen LogP contribution in [-0.4, -0.2) is 24.7 Å². The zero-order chi connectivity index (χ0) is 13.0. The summed E-state index contributed by atoms with van der Waals surface area (Å²) in [6.45, 7) is 4.34. The first-order valence-corrected chi connectivity index (χ1v) is 7.56. The van der Waals surface area contributed by atoms with Gasteiger partial charge in [-0.3, -0.25) is 0 Å². The molecule has 1 heterocycles. The van der Waals surface area contributed by atoms with Gasteiger partial charge in [0, 0.05) is 31.1 Å². The number of nitrogens with zero attached hydrogens (tertiary/aromatic N) is 2. The van der Waals surface area contributed by atoms with Gasteiger partial charge in [-0.1, -0.05) is 12.8 Å². The highest BCUT2D eigenvalue weighted by Crippen LogP contribution is 2.32. The summed E-state index contributed by atoms with van der Waals surface area (Å²) in [4.78, 5) is 8.32. The number of anilines is 1. The first-order chi connectivity index (χ1) is 8.80. The van der Waals surface area contributed by atoms with E-state index in [1.807, 2.05) is 0 Å². The number of thiazole rings is 1. The van der Waals surface area contributed by atoms with Crippen LogP contribution in [0, 0.1) is 0 Å². The minimum Gasteiger partial charge on any atom is -0.378 e. The molecule has 0 aromatic carbocycles. The number of aromatic nitrogens is 1. The zero-order valence-corrected chi connectivity index (χ0v) is 12.1. The van der Waals surface area contributed by atoms with Crippen molar-refractivity contribution in [3.8, 4) is 0 Å². The Kier molecular flexibility index (Phi) is 4.97. The van der Waals surface area contributed by atoms with Gasteiger partial charge in [0.25, 0.3) is 0 Å². The molecule has 0 aliphatic heterocycles. The summed E-state index contributed by atoms with van der Waals surface area (Å²) < 4.78 is 5.19. The van der Waals surface area contributed by atoms with Crippen molar-refractivity contribution in [3.63, 3.8) is 0 Å². The molecule has 1 aromatic rings. The monoisotopic (exact) mass is 269 g/mol. The summed E-state index contributed by atoms with van der Waals surface area (Å²) >= 11 is 1.73. The fourth-order valence-electron chi connectivity index (χ4n) is 2.67. The lowest BCUT2D eigenvalue weighted by molar-refractivity contribution is 0.181.